The summed E-state index contributed by atoms with van der Waals surface area (Å²) in [7, 11) is 0. The van der Waals surface area contributed by atoms with Crippen molar-refractivity contribution < 1.29 is 4.79 Å². The summed E-state index contributed by atoms with van der Waals surface area (Å²) < 4.78 is 3.03. The number of aryl methyl sites for hydroxylation is 1. The second-order valence-electron chi connectivity index (χ2n) is 5.63. The van der Waals surface area contributed by atoms with E-state index >= 15 is 0 Å². The standard InChI is InChI=1S/C15H22N4O2/c1-4-5-6-14-17-19(9-13(16)20)15(21)12-7-11(10(2)3)8-18(12)14/h7-8,10H,4-6,9H2,1-3H3,(H2,16,20). The number of rotatable bonds is 6. The average Bonchev–Trinajstić information content (AvgIpc) is 2.86. The third-order valence-corrected chi connectivity index (χ3v) is 3.54. The zero-order valence-electron chi connectivity index (χ0n) is 12.8. The van der Waals surface area contributed by atoms with Gasteiger partial charge in [-0.2, -0.15) is 5.10 Å². The second-order valence-corrected chi connectivity index (χ2v) is 5.63. The lowest BCUT2D eigenvalue weighted by atomic mass is 10.1. The molecule has 0 unspecified atom stereocenters. The number of hydrogen-bond donors (Lipinski definition) is 1. The third kappa shape index (κ3) is 3.15. The van der Waals surface area contributed by atoms with Gasteiger partial charge in [-0.25, -0.2) is 4.68 Å². The van der Waals surface area contributed by atoms with E-state index in [0.717, 1.165) is 30.7 Å². The summed E-state index contributed by atoms with van der Waals surface area (Å²) in [5.74, 6) is 0.554. The molecule has 0 fully saturated rings. The summed E-state index contributed by atoms with van der Waals surface area (Å²) in [6, 6.07) is 1.88. The van der Waals surface area contributed by atoms with Gasteiger partial charge in [-0.15, -0.1) is 0 Å². The number of carbonyl (C=O) groups is 1. The molecule has 2 N–H and O–H groups in total. The lowest BCUT2D eigenvalue weighted by molar-refractivity contribution is -0.118. The molecule has 0 atom stereocenters. The monoisotopic (exact) mass is 290 g/mol. The first-order valence-electron chi connectivity index (χ1n) is 7.34. The topological polar surface area (TPSA) is 82.4 Å². The minimum absolute atomic E-state index is 0.184. The van der Waals surface area contributed by atoms with Crippen LogP contribution in [0.4, 0.5) is 0 Å². The van der Waals surface area contributed by atoms with Gasteiger partial charge in [0.1, 0.15) is 17.9 Å². The normalized spacial score (nSPS) is 11.4. The molecule has 114 valence electrons. The summed E-state index contributed by atoms with van der Waals surface area (Å²) >= 11 is 0. The minimum atomic E-state index is -0.564. The van der Waals surface area contributed by atoms with Crippen LogP contribution in [0.25, 0.3) is 5.52 Å². The number of fused-ring (bicyclic) bond motifs is 1. The minimum Gasteiger partial charge on any atom is -0.368 e. The Balaban J connectivity index is 2.63. The molecular weight excluding hydrogens is 268 g/mol. The maximum absolute atomic E-state index is 12.4. The lowest BCUT2D eigenvalue weighted by Gasteiger charge is -2.08. The Kier molecular flexibility index (Phi) is 4.45. The van der Waals surface area contributed by atoms with Crippen LogP contribution in [0.5, 0.6) is 0 Å². The molecule has 0 bridgehead atoms. The van der Waals surface area contributed by atoms with Gasteiger partial charge in [0, 0.05) is 12.6 Å². The van der Waals surface area contributed by atoms with Crippen molar-refractivity contribution in [3.05, 3.63) is 34.0 Å². The Hall–Kier alpha value is -2.11. The maximum Gasteiger partial charge on any atom is 0.291 e. The lowest BCUT2D eigenvalue weighted by Crippen LogP contribution is -2.32. The third-order valence-electron chi connectivity index (χ3n) is 3.54. The SMILES string of the molecule is CCCCc1nn(CC(N)=O)c(=O)c2cc(C(C)C)cn12. The number of unbranched alkanes of at least 4 members (excludes halogenated alkanes) is 1. The molecule has 2 aromatic heterocycles. The van der Waals surface area contributed by atoms with Crippen molar-refractivity contribution in [1.82, 2.24) is 14.2 Å². The quantitative estimate of drug-likeness (QED) is 0.874. The van der Waals surface area contributed by atoms with Crippen LogP contribution in [-0.2, 0) is 17.8 Å². The fraction of sp³-hybridized carbons (Fsp3) is 0.533. The van der Waals surface area contributed by atoms with Crippen molar-refractivity contribution >= 4 is 11.4 Å². The van der Waals surface area contributed by atoms with Crippen LogP contribution in [0.3, 0.4) is 0 Å². The summed E-state index contributed by atoms with van der Waals surface area (Å²) in [6.45, 7) is 6.08. The number of nitrogens with two attached hydrogens (primary N) is 1. The number of carbonyl (C=O) groups excluding carboxylic acids is 1. The highest BCUT2D eigenvalue weighted by molar-refractivity contribution is 5.73. The highest BCUT2D eigenvalue weighted by Gasteiger charge is 2.14. The van der Waals surface area contributed by atoms with Crippen LogP contribution >= 0.6 is 0 Å². The Labute approximate surface area is 123 Å². The molecule has 0 radical (unpaired) electrons. The van der Waals surface area contributed by atoms with Gasteiger partial charge in [-0.1, -0.05) is 27.2 Å². The van der Waals surface area contributed by atoms with Crippen LogP contribution in [-0.4, -0.2) is 20.1 Å². The van der Waals surface area contributed by atoms with Crippen LogP contribution in [0.15, 0.2) is 17.1 Å². The van der Waals surface area contributed by atoms with Crippen molar-refractivity contribution in [2.45, 2.75) is 52.5 Å². The molecule has 6 nitrogen and oxygen atoms in total. The van der Waals surface area contributed by atoms with Crippen LogP contribution < -0.4 is 11.3 Å². The molecule has 2 heterocycles. The van der Waals surface area contributed by atoms with Crippen LogP contribution in [0.2, 0.25) is 0 Å². The van der Waals surface area contributed by atoms with Gasteiger partial charge in [0.25, 0.3) is 5.56 Å². The Bertz CT molecular complexity index is 712. The number of aromatic nitrogens is 3. The smallest absolute Gasteiger partial charge is 0.291 e. The van der Waals surface area contributed by atoms with E-state index < -0.39 is 5.91 Å². The Morgan fingerprint density at radius 1 is 1.43 bits per heavy atom. The molecule has 0 aliphatic carbocycles. The van der Waals surface area contributed by atoms with Crippen molar-refractivity contribution in [3.8, 4) is 0 Å². The molecule has 6 heteroatoms. The summed E-state index contributed by atoms with van der Waals surface area (Å²) in [5, 5.41) is 4.32. The van der Waals surface area contributed by atoms with Crippen LogP contribution in [0, 0.1) is 0 Å². The number of primary amides is 1. The first kappa shape index (κ1) is 15.3. The molecule has 0 aliphatic rings. The second kappa shape index (κ2) is 6.11. The fourth-order valence-electron chi connectivity index (χ4n) is 2.30. The zero-order valence-corrected chi connectivity index (χ0v) is 12.8. The van der Waals surface area contributed by atoms with Crippen LogP contribution in [0.1, 0.15) is 50.9 Å². The number of amides is 1. The molecule has 2 rings (SSSR count). The van der Waals surface area contributed by atoms with E-state index in [9.17, 15) is 9.59 Å². The highest BCUT2D eigenvalue weighted by atomic mass is 16.2. The Morgan fingerprint density at radius 2 is 2.14 bits per heavy atom. The highest BCUT2D eigenvalue weighted by Crippen LogP contribution is 2.18. The van der Waals surface area contributed by atoms with Crippen molar-refractivity contribution in [2.24, 2.45) is 5.73 Å². The molecule has 0 spiro atoms. The number of nitrogens with zero attached hydrogens (tertiary/aromatic N) is 3. The van der Waals surface area contributed by atoms with E-state index in [1.807, 2.05) is 16.7 Å². The van der Waals surface area contributed by atoms with E-state index in [2.05, 4.69) is 25.9 Å². The molecule has 0 aliphatic heterocycles. The summed E-state index contributed by atoms with van der Waals surface area (Å²) in [6.07, 6.45) is 4.74. The van der Waals surface area contributed by atoms with Gasteiger partial charge in [-0.3, -0.25) is 14.0 Å². The summed E-state index contributed by atoms with van der Waals surface area (Å²) in [5.41, 5.74) is 6.56. The van der Waals surface area contributed by atoms with Gasteiger partial charge >= 0.3 is 0 Å². The first-order valence-corrected chi connectivity index (χ1v) is 7.34. The Morgan fingerprint density at radius 3 is 2.71 bits per heavy atom. The zero-order chi connectivity index (χ0) is 15.6. The van der Waals surface area contributed by atoms with Gasteiger partial charge in [0.2, 0.25) is 5.91 Å². The molecule has 0 saturated carbocycles. The van der Waals surface area contributed by atoms with Gasteiger partial charge in [0.05, 0.1) is 0 Å². The van der Waals surface area contributed by atoms with Gasteiger partial charge in [0.15, 0.2) is 0 Å². The van der Waals surface area contributed by atoms with Gasteiger partial charge in [-0.05, 0) is 24.0 Å². The molecule has 1 amide bonds. The maximum atomic E-state index is 12.4. The van der Waals surface area contributed by atoms with E-state index in [0.29, 0.717) is 11.4 Å². The van der Waals surface area contributed by atoms with Crippen molar-refractivity contribution in [3.63, 3.8) is 0 Å². The molecule has 21 heavy (non-hydrogen) atoms. The number of hydrogen-bond acceptors (Lipinski definition) is 3. The fourth-order valence-corrected chi connectivity index (χ4v) is 2.30. The van der Waals surface area contributed by atoms with E-state index in [1.54, 1.807) is 0 Å². The van der Waals surface area contributed by atoms with E-state index in [-0.39, 0.29) is 12.1 Å². The predicted molar refractivity (Wildman–Crippen MR) is 81.3 cm³/mol. The molecular formula is C15H22N4O2. The summed E-state index contributed by atoms with van der Waals surface area (Å²) in [4.78, 5) is 23.5. The van der Waals surface area contributed by atoms with E-state index in [4.69, 9.17) is 5.73 Å². The average molecular weight is 290 g/mol. The molecule has 0 saturated heterocycles. The van der Waals surface area contributed by atoms with Crippen molar-refractivity contribution in [1.29, 1.82) is 0 Å². The molecule has 2 aromatic rings. The van der Waals surface area contributed by atoms with E-state index in [1.165, 1.54) is 4.68 Å². The largest absolute Gasteiger partial charge is 0.368 e. The van der Waals surface area contributed by atoms with Gasteiger partial charge < -0.3 is 5.73 Å². The predicted octanol–water partition coefficient (Wildman–Crippen LogP) is 1.45. The van der Waals surface area contributed by atoms with Crippen molar-refractivity contribution in [2.75, 3.05) is 0 Å². The first-order chi connectivity index (χ1) is 9.93. The molecule has 0 aromatic carbocycles.